The molecule has 0 spiro atoms. The second-order valence-corrected chi connectivity index (χ2v) is 5.67. The van der Waals surface area contributed by atoms with Gasteiger partial charge in [0, 0.05) is 0 Å². The van der Waals surface area contributed by atoms with Gasteiger partial charge in [-0.05, 0) is 54.2 Å². The normalized spacial score (nSPS) is 37.5. The number of ether oxygens (including phenoxy) is 1. The molecule has 0 aromatic heterocycles. The highest BCUT2D eigenvalue weighted by Crippen LogP contribution is 2.67. The van der Waals surface area contributed by atoms with Gasteiger partial charge in [0.15, 0.2) is 0 Å². The molecule has 3 aliphatic rings. The van der Waals surface area contributed by atoms with E-state index in [1.165, 1.54) is 31.2 Å². The predicted octanol–water partition coefficient (Wildman–Crippen LogP) is 3.53. The Balaban J connectivity index is 1.88. The van der Waals surface area contributed by atoms with E-state index < -0.39 is 0 Å². The summed E-state index contributed by atoms with van der Waals surface area (Å²) in [5, 5.41) is 0. The summed E-state index contributed by atoms with van der Waals surface area (Å²) in [6, 6.07) is 8.70. The topological polar surface area (TPSA) is 9.23 Å². The van der Waals surface area contributed by atoms with E-state index in [0.717, 1.165) is 5.75 Å². The van der Waals surface area contributed by atoms with Crippen molar-refractivity contribution in [3.05, 3.63) is 29.8 Å². The summed E-state index contributed by atoms with van der Waals surface area (Å²) in [5.74, 6) is 0.968. The van der Waals surface area contributed by atoms with Gasteiger partial charge in [0.2, 0.25) is 0 Å². The number of benzene rings is 1. The highest BCUT2D eigenvalue weighted by molar-refractivity contribution is 5.37. The van der Waals surface area contributed by atoms with Gasteiger partial charge in [0.1, 0.15) is 5.75 Å². The molecule has 0 aliphatic heterocycles. The molecule has 2 bridgehead atoms. The summed E-state index contributed by atoms with van der Waals surface area (Å²) in [6.07, 6.45) is 5.59. The summed E-state index contributed by atoms with van der Waals surface area (Å²) >= 11 is 0. The molecular weight excluding hydrogens is 184 g/mol. The third kappa shape index (κ3) is 1.22. The minimum Gasteiger partial charge on any atom is -0.497 e. The van der Waals surface area contributed by atoms with Gasteiger partial charge >= 0.3 is 0 Å². The van der Waals surface area contributed by atoms with Crippen molar-refractivity contribution in [1.82, 2.24) is 0 Å². The molecule has 1 heteroatoms. The average molecular weight is 202 g/mol. The molecule has 1 aromatic carbocycles. The Morgan fingerprint density at radius 3 is 2.20 bits per heavy atom. The smallest absolute Gasteiger partial charge is 0.118 e. The van der Waals surface area contributed by atoms with Crippen molar-refractivity contribution in [3.63, 3.8) is 0 Å². The van der Waals surface area contributed by atoms with Crippen LogP contribution in [-0.4, -0.2) is 7.11 Å². The molecule has 3 aliphatic carbocycles. The summed E-state index contributed by atoms with van der Waals surface area (Å²) < 4.78 is 5.20. The van der Waals surface area contributed by atoms with Gasteiger partial charge in [-0.2, -0.15) is 0 Å². The average Bonchev–Trinajstić information content (AvgIpc) is 2.72. The van der Waals surface area contributed by atoms with Crippen LogP contribution in [0.25, 0.3) is 0 Å². The van der Waals surface area contributed by atoms with E-state index in [0.29, 0.717) is 10.8 Å². The standard InChI is InChI=1S/C14H18O/c1-13-7-8-14(9-13,10-13)11-3-5-12(15-2)6-4-11/h3-6H,7-10H2,1-2H3. The van der Waals surface area contributed by atoms with Crippen LogP contribution in [-0.2, 0) is 5.41 Å². The molecule has 3 fully saturated rings. The Hall–Kier alpha value is -0.980. The second kappa shape index (κ2) is 2.78. The van der Waals surface area contributed by atoms with Crippen LogP contribution in [0.5, 0.6) is 5.75 Å². The lowest BCUT2D eigenvalue weighted by Gasteiger charge is -2.46. The molecule has 0 saturated heterocycles. The van der Waals surface area contributed by atoms with Crippen molar-refractivity contribution in [1.29, 1.82) is 0 Å². The molecule has 4 rings (SSSR count). The van der Waals surface area contributed by atoms with Gasteiger partial charge < -0.3 is 4.74 Å². The summed E-state index contributed by atoms with van der Waals surface area (Å²) in [5.41, 5.74) is 2.72. The fourth-order valence-corrected chi connectivity index (χ4v) is 3.77. The Bertz CT molecular complexity index is 371. The minimum absolute atomic E-state index is 0.529. The molecule has 1 aromatic rings. The van der Waals surface area contributed by atoms with Crippen molar-refractivity contribution in [2.45, 2.75) is 38.0 Å². The van der Waals surface area contributed by atoms with Gasteiger partial charge in [-0.25, -0.2) is 0 Å². The van der Waals surface area contributed by atoms with Gasteiger partial charge in [-0.1, -0.05) is 19.1 Å². The molecule has 15 heavy (non-hydrogen) atoms. The lowest BCUT2D eigenvalue weighted by molar-refractivity contribution is 0.132. The zero-order valence-electron chi connectivity index (χ0n) is 9.55. The first kappa shape index (κ1) is 9.26. The van der Waals surface area contributed by atoms with Crippen molar-refractivity contribution >= 4 is 0 Å². The summed E-state index contributed by atoms with van der Waals surface area (Å²) in [6.45, 7) is 2.43. The Kier molecular flexibility index (Phi) is 1.72. The van der Waals surface area contributed by atoms with Gasteiger partial charge in [-0.15, -0.1) is 0 Å². The SMILES string of the molecule is COc1ccc(C23CCC(C)(C2)C3)cc1. The van der Waals surface area contributed by atoms with Crippen LogP contribution in [0.3, 0.4) is 0 Å². The van der Waals surface area contributed by atoms with Crippen molar-refractivity contribution in [3.8, 4) is 5.75 Å². The molecule has 3 saturated carbocycles. The second-order valence-electron chi connectivity index (χ2n) is 5.67. The van der Waals surface area contributed by atoms with Crippen LogP contribution in [0, 0.1) is 5.41 Å². The number of rotatable bonds is 2. The number of hydrogen-bond donors (Lipinski definition) is 0. The van der Waals surface area contributed by atoms with E-state index in [-0.39, 0.29) is 0 Å². The maximum absolute atomic E-state index is 5.20. The van der Waals surface area contributed by atoms with Gasteiger partial charge in [0.25, 0.3) is 0 Å². The molecule has 0 radical (unpaired) electrons. The molecule has 0 N–H and O–H groups in total. The van der Waals surface area contributed by atoms with Crippen LogP contribution in [0.15, 0.2) is 24.3 Å². The van der Waals surface area contributed by atoms with Crippen molar-refractivity contribution in [2.75, 3.05) is 7.11 Å². The van der Waals surface area contributed by atoms with E-state index in [4.69, 9.17) is 4.74 Å². The lowest BCUT2D eigenvalue weighted by atomic mass is 9.58. The van der Waals surface area contributed by atoms with E-state index in [1.807, 2.05) is 0 Å². The van der Waals surface area contributed by atoms with Crippen LogP contribution < -0.4 is 4.74 Å². The van der Waals surface area contributed by atoms with Crippen molar-refractivity contribution in [2.24, 2.45) is 5.41 Å². The summed E-state index contributed by atoms with van der Waals surface area (Å²) in [4.78, 5) is 0. The van der Waals surface area contributed by atoms with Crippen molar-refractivity contribution < 1.29 is 4.74 Å². The van der Waals surface area contributed by atoms with Gasteiger partial charge in [-0.3, -0.25) is 0 Å². The molecule has 1 nitrogen and oxygen atoms in total. The Labute approximate surface area is 91.5 Å². The fourth-order valence-electron chi connectivity index (χ4n) is 3.77. The van der Waals surface area contributed by atoms with Crippen LogP contribution >= 0.6 is 0 Å². The van der Waals surface area contributed by atoms with Crippen LogP contribution in [0.1, 0.15) is 38.2 Å². The molecule has 80 valence electrons. The highest BCUT2D eigenvalue weighted by Gasteiger charge is 2.58. The molecule has 0 unspecified atom stereocenters. The first-order valence-corrected chi connectivity index (χ1v) is 5.81. The quantitative estimate of drug-likeness (QED) is 0.713. The maximum atomic E-state index is 5.20. The Morgan fingerprint density at radius 1 is 1.07 bits per heavy atom. The van der Waals surface area contributed by atoms with E-state index >= 15 is 0 Å². The first-order chi connectivity index (χ1) is 7.16. The first-order valence-electron chi connectivity index (χ1n) is 5.81. The molecule has 0 amide bonds. The molecule has 0 heterocycles. The zero-order valence-corrected chi connectivity index (χ0v) is 9.55. The zero-order chi connectivity index (χ0) is 10.5. The third-order valence-electron chi connectivity index (χ3n) is 4.44. The molecule has 0 atom stereocenters. The van der Waals surface area contributed by atoms with Gasteiger partial charge in [0.05, 0.1) is 7.11 Å². The van der Waals surface area contributed by atoms with Crippen LogP contribution in [0.4, 0.5) is 0 Å². The van der Waals surface area contributed by atoms with Crippen LogP contribution in [0.2, 0.25) is 0 Å². The number of hydrogen-bond acceptors (Lipinski definition) is 1. The summed E-state index contributed by atoms with van der Waals surface area (Å²) in [7, 11) is 1.73. The largest absolute Gasteiger partial charge is 0.497 e. The monoisotopic (exact) mass is 202 g/mol. The Morgan fingerprint density at radius 2 is 1.73 bits per heavy atom. The highest BCUT2D eigenvalue weighted by atomic mass is 16.5. The van der Waals surface area contributed by atoms with E-state index in [2.05, 4.69) is 31.2 Å². The predicted molar refractivity (Wildman–Crippen MR) is 61.2 cm³/mol. The molecular formula is C14H18O. The van der Waals surface area contributed by atoms with E-state index in [9.17, 15) is 0 Å². The lowest BCUT2D eigenvalue weighted by Crippen LogP contribution is -2.38. The number of methoxy groups -OCH3 is 1. The third-order valence-corrected chi connectivity index (χ3v) is 4.44. The van der Waals surface area contributed by atoms with E-state index in [1.54, 1.807) is 7.11 Å². The number of fused-ring (bicyclic) bond motifs is 1. The maximum Gasteiger partial charge on any atom is 0.118 e. The fraction of sp³-hybridized carbons (Fsp3) is 0.571. The minimum atomic E-state index is 0.529.